The van der Waals surface area contributed by atoms with Crippen molar-refractivity contribution in [3.05, 3.63) is 23.3 Å². The lowest BCUT2D eigenvalue weighted by Gasteiger charge is -2.76. The van der Waals surface area contributed by atoms with Crippen LogP contribution < -0.4 is 0 Å². The Hall–Kier alpha value is 0.100. The van der Waals surface area contributed by atoms with Gasteiger partial charge in [-0.15, -0.1) is 18.5 Å². The molecule has 0 aromatic heterocycles. The maximum Gasteiger partial charge on any atom is 0.172 e. The smallest absolute Gasteiger partial charge is 0.172 e. The maximum atomic E-state index is 6.99. The van der Waals surface area contributed by atoms with Gasteiger partial charge in [0.2, 0.25) is 0 Å². The SMILES string of the molecule is CC12CC3(C)OC(C)(CC(C)(O1)C3(CP)C1=C(C3(CP)C4(C)CC5(C)OC(C)(CC3(C)O5)O4)CC=C1)O2. The molecule has 37 heavy (non-hydrogen) atoms. The van der Waals surface area contributed by atoms with Gasteiger partial charge in [0.05, 0.1) is 33.2 Å². The average molecular weight is 551 g/mol. The number of allylic oxidation sites excluding steroid dienone is 2. The van der Waals surface area contributed by atoms with Crippen molar-refractivity contribution >= 4 is 18.5 Å². The molecule has 10 atom stereocenters. The Morgan fingerprint density at radius 3 is 1.27 bits per heavy atom. The molecule has 9 rings (SSSR count). The lowest BCUT2D eigenvalue weighted by molar-refractivity contribution is -0.542. The Morgan fingerprint density at radius 2 is 0.919 bits per heavy atom. The zero-order valence-corrected chi connectivity index (χ0v) is 26.0. The van der Waals surface area contributed by atoms with Crippen molar-refractivity contribution in [3.63, 3.8) is 0 Å². The number of ether oxygens (including phenoxy) is 6. The van der Waals surface area contributed by atoms with Crippen molar-refractivity contribution in [1.82, 2.24) is 0 Å². The van der Waals surface area contributed by atoms with Crippen molar-refractivity contribution in [2.45, 2.75) is 133 Å². The summed E-state index contributed by atoms with van der Waals surface area (Å²) in [5, 5.41) is 0. The fourth-order valence-corrected chi connectivity index (χ4v) is 13.7. The van der Waals surface area contributed by atoms with Crippen molar-refractivity contribution in [3.8, 4) is 0 Å². The summed E-state index contributed by atoms with van der Waals surface area (Å²) in [4.78, 5) is 0. The summed E-state index contributed by atoms with van der Waals surface area (Å²) >= 11 is 0. The minimum atomic E-state index is -0.660. The molecule has 9 aliphatic rings. The third-order valence-corrected chi connectivity index (χ3v) is 12.6. The standard InChI is InChI=1S/C29H44O6P2/c1-20-12-24(5)31-21(2,13-25(6,30-20)34-24)28(20,16-36)18-10-9-11-19(18)29(17-37)22(3)14-26(7)33-23(29,4)15-27(8,32-22)35-26/h9-10H,11-17,36-37H2,1-8H3. The molecule has 0 radical (unpaired) electrons. The molecule has 0 N–H and O–H groups in total. The minimum Gasteiger partial charge on any atom is -0.343 e. The van der Waals surface area contributed by atoms with Crippen LogP contribution in [0.4, 0.5) is 0 Å². The van der Waals surface area contributed by atoms with E-state index in [0.717, 1.165) is 18.7 Å². The van der Waals surface area contributed by atoms with Gasteiger partial charge in [0.1, 0.15) is 0 Å². The van der Waals surface area contributed by atoms with Gasteiger partial charge in [-0.2, -0.15) is 0 Å². The molecule has 0 aromatic carbocycles. The predicted molar refractivity (Wildman–Crippen MR) is 147 cm³/mol. The second-order valence-corrected chi connectivity index (χ2v) is 15.3. The van der Waals surface area contributed by atoms with Gasteiger partial charge in [-0.25, -0.2) is 0 Å². The molecule has 206 valence electrons. The quantitative estimate of drug-likeness (QED) is 0.425. The van der Waals surface area contributed by atoms with Crippen molar-refractivity contribution < 1.29 is 28.4 Å². The molecule has 8 bridgehead atoms. The molecular weight excluding hydrogens is 506 g/mol. The van der Waals surface area contributed by atoms with Gasteiger partial charge in [-0.1, -0.05) is 17.7 Å². The zero-order chi connectivity index (χ0) is 26.8. The first-order chi connectivity index (χ1) is 16.9. The minimum absolute atomic E-state index is 0.356. The Balaban J connectivity index is 1.48. The first-order valence-electron chi connectivity index (χ1n) is 13.9. The molecule has 8 heterocycles. The first kappa shape index (κ1) is 26.0. The van der Waals surface area contributed by atoms with Crippen LogP contribution in [0.3, 0.4) is 0 Å². The topological polar surface area (TPSA) is 55.4 Å². The van der Waals surface area contributed by atoms with E-state index in [0.29, 0.717) is 25.7 Å². The monoisotopic (exact) mass is 550 g/mol. The molecule has 0 aromatic rings. The number of hydrogen-bond donors (Lipinski definition) is 0. The van der Waals surface area contributed by atoms with Gasteiger partial charge in [0, 0.05) is 25.7 Å². The number of rotatable bonds is 4. The van der Waals surface area contributed by atoms with Crippen LogP contribution in [-0.4, -0.2) is 57.9 Å². The second kappa shape index (κ2) is 6.76. The summed E-state index contributed by atoms with van der Waals surface area (Å²) in [6, 6.07) is 0. The molecule has 1 aliphatic carbocycles. The highest BCUT2D eigenvalue weighted by Gasteiger charge is 2.81. The van der Waals surface area contributed by atoms with Crippen molar-refractivity contribution in [2.75, 3.05) is 12.3 Å². The van der Waals surface area contributed by atoms with Crippen LogP contribution in [-0.2, 0) is 28.4 Å². The number of hydrogen-bond acceptors (Lipinski definition) is 6. The summed E-state index contributed by atoms with van der Waals surface area (Å²) in [6.45, 7) is 17.5. The fraction of sp³-hybridized carbons (Fsp3) is 0.862. The van der Waals surface area contributed by atoms with Crippen LogP contribution in [0.1, 0.15) is 87.5 Å². The van der Waals surface area contributed by atoms with Crippen molar-refractivity contribution in [1.29, 1.82) is 0 Å². The fourth-order valence-electron chi connectivity index (χ4n) is 11.5. The van der Waals surface area contributed by atoms with Gasteiger partial charge in [0.25, 0.3) is 0 Å². The van der Waals surface area contributed by atoms with E-state index in [1.165, 1.54) is 11.1 Å². The van der Waals surface area contributed by atoms with Crippen LogP contribution >= 0.6 is 18.5 Å². The Kier molecular flexibility index (Phi) is 4.76. The van der Waals surface area contributed by atoms with Crippen molar-refractivity contribution in [2.24, 2.45) is 10.8 Å². The van der Waals surface area contributed by atoms with E-state index in [-0.39, 0.29) is 10.8 Å². The molecule has 8 saturated heterocycles. The largest absolute Gasteiger partial charge is 0.343 e. The van der Waals surface area contributed by atoms with E-state index in [4.69, 9.17) is 28.4 Å². The molecule has 8 heteroatoms. The van der Waals surface area contributed by atoms with Crippen LogP contribution in [0.15, 0.2) is 23.3 Å². The van der Waals surface area contributed by atoms with Crippen LogP contribution in [0.2, 0.25) is 0 Å². The molecule has 10 unspecified atom stereocenters. The Morgan fingerprint density at radius 1 is 0.568 bits per heavy atom. The van der Waals surface area contributed by atoms with Gasteiger partial charge < -0.3 is 28.4 Å². The van der Waals surface area contributed by atoms with E-state index in [1.807, 2.05) is 0 Å². The van der Waals surface area contributed by atoms with E-state index >= 15 is 0 Å². The highest BCUT2D eigenvalue weighted by molar-refractivity contribution is 7.16. The van der Waals surface area contributed by atoms with Crippen LogP contribution in [0.25, 0.3) is 0 Å². The average Bonchev–Trinajstić information content (AvgIpc) is 3.11. The molecule has 8 fully saturated rings. The molecule has 0 saturated carbocycles. The predicted octanol–water partition coefficient (Wildman–Crippen LogP) is 5.61. The van der Waals surface area contributed by atoms with E-state index in [9.17, 15) is 0 Å². The second-order valence-electron chi connectivity index (χ2n) is 14.5. The highest BCUT2D eigenvalue weighted by Crippen LogP contribution is 2.75. The van der Waals surface area contributed by atoms with Crippen LogP contribution in [0.5, 0.6) is 0 Å². The summed E-state index contributed by atoms with van der Waals surface area (Å²) < 4.78 is 40.7. The highest BCUT2D eigenvalue weighted by atomic mass is 31.0. The third-order valence-electron chi connectivity index (χ3n) is 11.4. The van der Waals surface area contributed by atoms with Gasteiger partial charge in [-0.3, -0.25) is 0 Å². The lowest BCUT2D eigenvalue weighted by Crippen LogP contribution is -2.84. The molecule has 0 amide bonds. The summed E-state index contributed by atoms with van der Waals surface area (Å²) in [5.41, 5.74) is 0.197. The molecule has 0 spiro atoms. The van der Waals surface area contributed by atoms with Gasteiger partial charge in [-0.05, 0) is 79.7 Å². The first-order valence-corrected chi connectivity index (χ1v) is 15.6. The normalized spacial score (nSPS) is 63.3. The van der Waals surface area contributed by atoms with Crippen LogP contribution in [0, 0.1) is 10.8 Å². The third kappa shape index (κ3) is 2.73. The summed E-state index contributed by atoms with van der Waals surface area (Å²) in [7, 11) is 6.16. The Bertz CT molecular complexity index is 1070. The molecular formula is C29H44O6P2. The summed E-state index contributed by atoms with van der Waals surface area (Å²) in [6.07, 6.45) is 10.0. The summed E-state index contributed by atoms with van der Waals surface area (Å²) in [5.74, 6) is -2.63. The van der Waals surface area contributed by atoms with Gasteiger partial charge in [0.15, 0.2) is 23.1 Å². The van der Waals surface area contributed by atoms with E-state index in [1.54, 1.807) is 0 Å². The van der Waals surface area contributed by atoms with E-state index < -0.39 is 45.6 Å². The molecule has 8 aliphatic heterocycles. The Labute approximate surface area is 226 Å². The molecule has 6 nitrogen and oxygen atoms in total. The maximum absolute atomic E-state index is 6.99. The zero-order valence-electron chi connectivity index (χ0n) is 23.7. The van der Waals surface area contributed by atoms with Gasteiger partial charge >= 0.3 is 0 Å². The lowest BCUT2D eigenvalue weighted by atomic mass is 9.47. The van der Waals surface area contributed by atoms with E-state index in [2.05, 4.69) is 86.0 Å².